The fourth-order valence-electron chi connectivity index (χ4n) is 5.20. The van der Waals surface area contributed by atoms with Gasteiger partial charge in [0.2, 0.25) is 11.8 Å². The Bertz CT molecular complexity index is 1520. The summed E-state index contributed by atoms with van der Waals surface area (Å²) in [6, 6.07) is 17.7. The quantitative estimate of drug-likeness (QED) is 0.263. The van der Waals surface area contributed by atoms with E-state index in [0.29, 0.717) is 15.9 Å². The molecule has 1 aliphatic rings. The van der Waals surface area contributed by atoms with Crippen molar-refractivity contribution >= 4 is 39.1 Å². The number of hydrogen-bond acceptors (Lipinski definition) is 4. The Balaban J connectivity index is 1.76. The van der Waals surface area contributed by atoms with Crippen molar-refractivity contribution in [3.05, 3.63) is 95.0 Å². The molecule has 12 heteroatoms. The average molecular weight is 636 g/mol. The summed E-state index contributed by atoms with van der Waals surface area (Å²) < 4.78 is 69.7. The summed E-state index contributed by atoms with van der Waals surface area (Å²) in [6.45, 7) is 0.886. The number of nitrogens with one attached hydrogen (secondary N) is 1. The highest BCUT2D eigenvalue weighted by atomic mass is 35.5. The first-order valence-electron chi connectivity index (χ1n) is 14.0. The molecule has 0 bridgehead atoms. The summed E-state index contributed by atoms with van der Waals surface area (Å²) in [5, 5.41) is 2.41. The molecular weight excluding hydrogens is 603 g/mol. The third kappa shape index (κ3) is 7.88. The molecule has 7 nitrogen and oxygen atoms in total. The molecule has 0 unspecified atom stereocenters. The van der Waals surface area contributed by atoms with E-state index in [0.717, 1.165) is 37.8 Å². The smallest absolute Gasteiger partial charge is 0.352 e. The first-order valence-corrected chi connectivity index (χ1v) is 15.8. The molecule has 1 N–H and O–H groups in total. The third-order valence-corrected chi connectivity index (χ3v) is 9.55. The summed E-state index contributed by atoms with van der Waals surface area (Å²) in [5.74, 6) is -1.11. The van der Waals surface area contributed by atoms with Crippen LogP contribution in [0.5, 0.6) is 0 Å². The maximum atomic E-state index is 14.1. The number of carbonyl (C=O) groups excluding carboxylic acids is 2. The number of halogens is 4. The van der Waals surface area contributed by atoms with Crippen LogP contribution in [-0.2, 0) is 32.3 Å². The van der Waals surface area contributed by atoms with E-state index in [9.17, 15) is 31.2 Å². The van der Waals surface area contributed by atoms with Gasteiger partial charge in [-0.1, -0.05) is 79.9 Å². The minimum Gasteiger partial charge on any atom is -0.352 e. The highest BCUT2D eigenvalue weighted by Crippen LogP contribution is 2.38. The van der Waals surface area contributed by atoms with Gasteiger partial charge in [-0.25, -0.2) is 8.42 Å². The number of rotatable bonds is 11. The van der Waals surface area contributed by atoms with Crippen molar-refractivity contribution < 1.29 is 31.2 Å². The lowest BCUT2D eigenvalue weighted by molar-refractivity contribution is -0.140. The maximum absolute atomic E-state index is 14.1. The molecule has 43 heavy (non-hydrogen) atoms. The molecular formula is C31H33ClF3N3O4S. The van der Waals surface area contributed by atoms with E-state index in [-0.39, 0.29) is 29.8 Å². The van der Waals surface area contributed by atoms with Crippen molar-refractivity contribution in [2.75, 3.05) is 10.8 Å². The number of nitrogens with zero attached hydrogens (tertiary/aromatic N) is 2. The molecule has 0 aromatic heterocycles. The van der Waals surface area contributed by atoms with E-state index in [1.54, 1.807) is 43.3 Å². The van der Waals surface area contributed by atoms with E-state index in [1.165, 1.54) is 29.2 Å². The Morgan fingerprint density at radius 2 is 1.58 bits per heavy atom. The van der Waals surface area contributed by atoms with Crippen LogP contribution in [0.15, 0.2) is 83.8 Å². The molecule has 0 saturated heterocycles. The van der Waals surface area contributed by atoms with Crippen molar-refractivity contribution in [2.24, 2.45) is 0 Å². The molecule has 1 fully saturated rings. The van der Waals surface area contributed by atoms with Crippen LogP contribution in [0.3, 0.4) is 0 Å². The van der Waals surface area contributed by atoms with Gasteiger partial charge in [-0.3, -0.25) is 13.9 Å². The van der Waals surface area contributed by atoms with Gasteiger partial charge in [-0.2, -0.15) is 13.2 Å². The molecule has 1 aliphatic carbocycles. The van der Waals surface area contributed by atoms with Crippen LogP contribution in [0, 0.1) is 0 Å². The SMILES string of the molecule is CC[C@@H](C(=O)NC1CCCC1)N(Cc1ccccc1)C(=O)CN(c1ccc(Cl)c(C(F)(F)F)c1)S(=O)(=O)c1ccccc1. The van der Waals surface area contributed by atoms with Crippen molar-refractivity contribution in [3.63, 3.8) is 0 Å². The maximum Gasteiger partial charge on any atom is 0.417 e. The monoisotopic (exact) mass is 635 g/mol. The molecule has 1 saturated carbocycles. The lowest BCUT2D eigenvalue weighted by atomic mass is 10.1. The second kappa shape index (κ2) is 13.8. The molecule has 0 spiro atoms. The van der Waals surface area contributed by atoms with Gasteiger partial charge in [0.1, 0.15) is 12.6 Å². The Kier molecular flexibility index (Phi) is 10.4. The zero-order valence-corrected chi connectivity index (χ0v) is 25.1. The second-order valence-electron chi connectivity index (χ2n) is 10.4. The topological polar surface area (TPSA) is 86.8 Å². The van der Waals surface area contributed by atoms with E-state index in [1.807, 2.05) is 0 Å². The zero-order valence-electron chi connectivity index (χ0n) is 23.6. The van der Waals surface area contributed by atoms with Crippen LogP contribution < -0.4 is 9.62 Å². The normalized spacial score (nSPS) is 14.7. The number of sulfonamides is 1. The van der Waals surface area contributed by atoms with Gasteiger partial charge >= 0.3 is 6.18 Å². The van der Waals surface area contributed by atoms with Crippen molar-refractivity contribution in [1.29, 1.82) is 0 Å². The lowest BCUT2D eigenvalue weighted by Gasteiger charge is -2.34. The van der Waals surface area contributed by atoms with Crippen molar-refractivity contribution in [1.82, 2.24) is 10.2 Å². The van der Waals surface area contributed by atoms with Crippen LogP contribution in [-0.4, -0.2) is 43.8 Å². The molecule has 3 aromatic rings. The molecule has 4 rings (SSSR count). The summed E-state index contributed by atoms with van der Waals surface area (Å²) in [5.41, 5.74) is -0.931. The first-order chi connectivity index (χ1) is 20.4. The molecule has 0 aliphatic heterocycles. The van der Waals surface area contributed by atoms with Gasteiger partial charge in [-0.15, -0.1) is 0 Å². The number of amides is 2. The average Bonchev–Trinajstić information content (AvgIpc) is 3.49. The Hall–Kier alpha value is -3.57. The zero-order chi connectivity index (χ0) is 31.2. The standard InChI is InChI=1S/C31H33ClF3N3O4S/c1-2-28(30(40)36-23-13-9-10-14-23)37(20-22-11-5-3-6-12-22)29(39)21-38(43(41,42)25-15-7-4-8-16-25)24-17-18-27(32)26(19-24)31(33,34)35/h3-8,11-12,15-19,23,28H,2,9-10,13-14,20-21H2,1H3,(H,36,40)/t28-/m0/s1. The summed E-state index contributed by atoms with van der Waals surface area (Å²) in [7, 11) is -4.53. The molecule has 230 valence electrons. The second-order valence-corrected chi connectivity index (χ2v) is 12.7. The summed E-state index contributed by atoms with van der Waals surface area (Å²) in [4.78, 5) is 28.6. The van der Waals surface area contributed by atoms with E-state index >= 15 is 0 Å². The summed E-state index contributed by atoms with van der Waals surface area (Å²) >= 11 is 5.82. The minimum absolute atomic E-state index is 0.0100. The number of alkyl halides is 3. The Morgan fingerprint density at radius 3 is 2.16 bits per heavy atom. The molecule has 1 atom stereocenters. The number of carbonyl (C=O) groups is 2. The van der Waals surface area contributed by atoms with Crippen LogP contribution in [0.4, 0.5) is 18.9 Å². The van der Waals surface area contributed by atoms with Crippen molar-refractivity contribution in [2.45, 2.75) is 68.7 Å². The fraction of sp³-hybridized carbons (Fsp3) is 0.355. The lowest BCUT2D eigenvalue weighted by Crippen LogP contribution is -2.53. The van der Waals surface area contributed by atoms with Gasteiger partial charge in [0.05, 0.1) is 21.2 Å². The first kappa shape index (κ1) is 32.3. The predicted octanol–water partition coefficient (Wildman–Crippen LogP) is 6.42. The molecule has 2 amide bonds. The van der Waals surface area contributed by atoms with Crippen LogP contribution in [0.25, 0.3) is 0 Å². The van der Waals surface area contributed by atoms with Gasteiger partial charge < -0.3 is 10.2 Å². The van der Waals surface area contributed by atoms with Crippen LogP contribution in [0.2, 0.25) is 5.02 Å². The number of hydrogen-bond donors (Lipinski definition) is 1. The molecule has 3 aromatic carbocycles. The van der Waals surface area contributed by atoms with Gasteiger partial charge in [0, 0.05) is 12.6 Å². The molecule has 0 radical (unpaired) electrons. The van der Waals surface area contributed by atoms with Crippen LogP contribution >= 0.6 is 11.6 Å². The van der Waals surface area contributed by atoms with E-state index in [2.05, 4.69) is 5.32 Å². The van der Waals surface area contributed by atoms with Crippen LogP contribution in [0.1, 0.15) is 50.2 Å². The highest BCUT2D eigenvalue weighted by Gasteiger charge is 2.37. The van der Waals surface area contributed by atoms with Crippen molar-refractivity contribution in [3.8, 4) is 0 Å². The fourth-order valence-corrected chi connectivity index (χ4v) is 6.85. The number of anilines is 1. The van der Waals surface area contributed by atoms with Gasteiger partial charge in [-0.05, 0) is 55.2 Å². The van der Waals surface area contributed by atoms with Gasteiger partial charge in [0.25, 0.3) is 10.0 Å². The Morgan fingerprint density at radius 1 is 0.977 bits per heavy atom. The largest absolute Gasteiger partial charge is 0.417 e. The number of benzene rings is 3. The van der Waals surface area contributed by atoms with E-state index in [4.69, 9.17) is 11.6 Å². The third-order valence-electron chi connectivity index (χ3n) is 7.44. The predicted molar refractivity (Wildman–Crippen MR) is 159 cm³/mol. The summed E-state index contributed by atoms with van der Waals surface area (Å²) in [6.07, 6.45) is -0.999. The minimum atomic E-state index is -4.87. The Labute approximate surface area is 254 Å². The van der Waals surface area contributed by atoms with E-state index < -0.39 is 51.0 Å². The molecule has 0 heterocycles. The van der Waals surface area contributed by atoms with Gasteiger partial charge in [0.15, 0.2) is 0 Å². The highest BCUT2D eigenvalue weighted by molar-refractivity contribution is 7.92.